The molecule has 1 aromatic carbocycles. The summed E-state index contributed by atoms with van der Waals surface area (Å²) in [4.78, 5) is 83.3. The number of aliphatic hydroxyl groups is 1. The van der Waals surface area contributed by atoms with Gasteiger partial charge in [0.2, 0.25) is 29.5 Å². The minimum absolute atomic E-state index is 0.0135. The summed E-state index contributed by atoms with van der Waals surface area (Å²) in [6, 6.07) is 2.95. The van der Waals surface area contributed by atoms with Gasteiger partial charge in [0.25, 0.3) is 5.91 Å². The van der Waals surface area contributed by atoms with Crippen LogP contribution in [0.25, 0.3) is 0 Å². The zero-order valence-electron chi connectivity index (χ0n) is 28.1. The molecule has 0 bridgehead atoms. The molecule has 49 heavy (non-hydrogen) atoms. The van der Waals surface area contributed by atoms with Crippen molar-refractivity contribution in [1.82, 2.24) is 31.5 Å². The fraction of sp³-hybridized carbons (Fsp3) is 0.543. The largest absolute Gasteiger partial charge is 0.394 e. The third kappa shape index (κ3) is 8.66. The molecule has 6 atom stereocenters. The Labute approximate surface area is 290 Å². The number of rotatable bonds is 6. The van der Waals surface area contributed by atoms with E-state index in [2.05, 4.69) is 26.6 Å². The summed E-state index contributed by atoms with van der Waals surface area (Å²) in [5.74, 6) is -3.34. The maximum Gasteiger partial charge on any atom is 0.261 e. The van der Waals surface area contributed by atoms with Gasteiger partial charge >= 0.3 is 0 Å². The van der Waals surface area contributed by atoms with E-state index in [9.17, 15) is 33.9 Å². The number of carbonyl (C=O) groups excluding carboxylic acids is 6. The predicted molar refractivity (Wildman–Crippen MR) is 182 cm³/mol. The quantitative estimate of drug-likeness (QED) is 0.261. The molecule has 2 aromatic rings. The van der Waals surface area contributed by atoms with Crippen LogP contribution in [0.5, 0.6) is 0 Å². The summed E-state index contributed by atoms with van der Waals surface area (Å²) in [5.41, 5.74) is 2.89. The number of amides is 6. The van der Waals surface area contributed by atoms with Crippen molar-refractivity contribution in [3.05, 3.63) is 57.3 Å². The van der Waals surface area contributed by atoms with Crippen LogP contribution in [0.3, 0.4) is 0 Å². The maximum atomic E-state index is 13.9. The van der Waals surface area contributed by atoms with Crippen LogP contribution in [0.4, 0.5) is 0 Å². The fourth-order valence-corrected chi connectivity index (χ4v) is 7.86. The van der Waals surface area contributed by atoms with Gasteiger partial charge in [-0.25, -0.2) is 0 Å². The number of carbonyl (C=O) groups is 6. The zero-order chi connectivity index (χ0) is 35.2. The third-order valence-electron chi connectivity index (χ3n) is 9.35. The Kier molecular flexibility index (Phi) is 11.7. The first kappa shape index (κ1) is 36.0. The molecule has 14 heteroatoms. The molecule has 2 aliphatic heterocycles. The van der Waals surface area contributed by atoms with Gasteiger partial charge in [-0.15, -0.1) is 11.3 Å². The van der Waals surface area contributed by atoms with Gasteiger partial charge in [-0.2, -0.15) is 0 Å². The normalized spacial score (nSPS) is 27.0. The lowest BCUT2D eigenvalue weighted by molar-refractivity contribution is -0.143. The summed E-state index contributed by atoms with van der Waals surface area (Å²) in [6.07, 6.45) is 3.97. The summed E-state index contributed by atoms with van der Waals surface area (Å²) in [7, 11) is 0. The molecule has 264 valence electrons. The molecule has 6 amide bonds. The number of hydrogen-bond acceptors (Lipinski definition) is 8. The lowest BCUT2D eigenvalue weighted by atomic mass is 9.94. The molecule has 6 N–H and O–H groups in total. The van der Waals surface area contributed by atoms with Crippen molar-refractivity contribution >= 4 is 46.8 Å². The van der Waals surface area contributed by atoms with Crippen LogP contribution in [-0.2, 0) is 36.8 Å². The molecule has 3 heterocycles. The highest BCUT2D eigenvalue weighted by Crippen LogP contribution is 2.30. The Morgan fingerprint density at radius 1 is 0.959 bits per heavy atom. The van der Waals surface area contributed by atoms with Gasteiger partial charge in [0.15, 0.2) is 0 Å². The van der Waals surface area contributed by atoms with Crippen LogP contribution in [0.1, 0.15) is 85.3 Å². The molecule has 0 radical (unpaired) electrons. The lowest BCUT2D eigenvalue weighted by Crippen LogP contribution is -2.59. The van der Waals surface area contributed by atoms with E-state index < -0.39 is 72.4 Å². The number of nitrogens with one attached hydrogen (secondary N) is 5. The van der Waals surface area contributed by atoms with E-state index in [1.54, 1.807) is 24.3 Å². The van der Waals surface area contributed by atoms with Crippen LogP contribution in [0.2, 0.25) is 0 Å². The monoisotopic (exact) mass is 694 g/mol. The molecule has 0 spiro atoms. The van der Waals surface area contributed by atoms with Gasteiger partial charge in [0.05, 0.1) is 23.9 Å². The van der Waals surface area contributed by atoms with E-state index in [1.807, 2.05) is 25.3 Å². The van der Waals surface area contributed by atoms with Crippen molar-refractivity contribution in [3.63, 3.8) is 0 Å². The topological polar surface area (TPSA) is 186 Å². The van der Waals surface area contributed by atoms with Gasteiger partial charge in [-0.3, -0.25) is 28.8 Å². The number of hydrogen-bond donors (Lipinski definition) is 6. The number of nitrogens with zero attached hydrogens (tertiary/aromatic N) is 1. The Morgan fingerprint density at radius 2 is 1.69 bits per heavy atom. The van der Waals surface area contributed by atoms with E-state index in [-0.39, 0.29) is 37.6 Å². The van der Waals surface area contributed by atoms with Gasteiger partial charge in [0.1, 0.15) is 24.2 Å². The summed E-state index contributed by atoms with van der Waals surface area (Å²) in [5, 5.41) is 26.2. The third-order valence-corrected chi connectivity index (χ3v) is 10.4. The van der Waals surface area contributed by atoms with Gasteiger partial charge in [-0.1, -0.05) is 44.2 Å². The highest BCUT2D eigenvalue weighted by molar-refractivity contribution is 7.12. The second-order valence-corrected chi connectivity index (χ2v) is 14.5. The van der Waals surface area contributed by atoms with Crippen molar-refractivity contribution in [1.29, 1.82) is 0 Å². The smallest absolute Gasteiger partial charge is 0.261 e. The fourth-order valence-electron chi connectivity index (χ4n) is 6.80. The number of fused-ring (bicyclic) bond motifs is 2. The average Bonchev–Trinajstić information content (AvgIpc) is 3.70. The van der Waals surface area contributed by atoms with Crippen LogP contribution in [0, 0.1) is 5.92 Å². The van der Waals surface area contributed by atoms with Crippen LogP contribution < -0.4 is 26.6 Å². The average molecular weight is 695 g/mol. The molecule has 2 fully saturated rings. The van der Waals surface area contributed by atoms with Crippen LogP contribution >= 0.6 is 11.3 Å². The molecule has 3 aliphatic rings. The van der Waals surface area contributed by atoms with Crippen LogP contribution in [-0.4, -0.2) is 88.8 Å². The molecule has 0 unspecified atom stereocenters. The Balaban J connectivity index is 1.43. The second-order valence-electron chi connectivity index (χ2n) is 13.6. The van der Waals surface area contributed by atoms with Gasteiger partial charge in [-0.05, 0) is 73.4 Å². The van der Waals surface area contributed by atoms with Crippen molar-refractivity contribution in [2.24, 2.45) is 5.92 Å². The molecule has 5 rings (SSSR count). The first-order valence-corrected chi connectivity index (χ1v) is 17.9. The standard InChI is InChI=1S/C35H46N6O7S/c1-19(2)13-26-32(45)40-27(17-42)35(48)41-16-23(37-34(47)30-24-12-8-7-11-22(24)18-49-30)14-28(41)33(46)36-20(3)31(44)39-25(15-29(43)38-26)21-9-5-4-6-10-21/h4-6,9-10,18-20,23,25-28,42H,7-8,11-17H2,1-3H3,(H,36,46)(H,37,47)(H,38,43)(H,39,44)(H,40,45)/t20-,23-,25-,26-,27-,28-/m0/s1. The predicted octanol–water partition coefficient (Wildman–Crippen LogP) is 1.10. The van der Waals surface area contributed by atoms with Gasteiger partial charge < -0.3 is 36.6 Å². The minimum Gasteiger partial charge on any atom is -0.394 e. The van der Waals surface area contributed by atoms with Crippen molar-refractivity contribution < 1.29 is 33.9 Å². The SMILES string of the molecule is CC(C)C[C@@H]1NC(=O)C[C@@H](c2ccccc2)NC(=O)[C@H](C)NC(=O)[C@@H]2C[C@H](NC(=O)c3scc4c3CCCC4)CN2C(=O)[C@H](CO)NC1=O. The van der Waals surface area contributed by atoms with E-state index in [0.717, 1.165) is 31.2 Å². The molecule has 13 nitrogen and oxygen atoms in total. The number of aliphatic hydroxyl groups excluding tert-OH is 1. The summed E-state index contributed by atoms with van der Waals surface area (Å²) < 4.78 is 0. The van der Waals surface area contributed by atoms with Crippen molar-refractivity contribution in [3.8, 4) is 0 Å². The highest BCUT2D eigenvalue weighted by Gasteiger charge is 2.44. The lowest BCUT2D eigenvalue weighted by Gasteiger charge is -2.30. The molecule has 1 aromatic heterocycles. The van der Waals surface area contributed by atoms with Gasteiger partial charge in [0, 0.05) is 12.6 Å². The molecular weight excluding hydrogens is 648 g/mol. The molecule has 0 saturated carbocycles. The van der Waals surface area contributed by atoms with Crippen molar-refractivity contribution in [2.45, 2.75) is 102 Å². The summed E-state index contributed by atoms with van der Waals surface area (Å²) in [6.45, 7) is 4.47. The first-order chi connectivity index (χ1) is 23.4. The Hall–Kier alpha value is -4.30. The van der Waals surface area contributed by atoms with Crippen molar-refractivity contribution in [2.75, 3.05) is 13.2 Å². The first-order valence-electron chi connectivity index (χ1n) is 17.0. The maximum absolute atomic E-state index is 13.9. The minimum atomic E-state index is -1.42. The van der Waals surface area contributed by atoms with E-state index >= 15 is 0 Å². The molecular formula is C35H46N6O7S. The summed E-state index contributed by atoms with van der Waals surface area (Å²) >= 11 is 1.39. The number of aryl methyl sites for hydroxylation is 1. The van der Waals surface area contributed by atoms with E-state index in [4.69, 9.17) is 0 Å². The van der Waals surface area contributed by atoms with E-state index in [1.165, 1.54) is 28.7 Å². The van der Waals surface area contributed by atoms with E-state index in [0.29, 0.717) is 10.4 Å². The number of benzene rings is 1. The molecule has 2 saturated heterocycles. The van der Waals surface area contributed by atoms with Crippen LogP contribution in [0.15, 0.2) is 35.7 Å². The highest BCUT2D eigenvalue weighted by atomic mass is 32.1. The molecule has 1 aliphatic carbocycles. The zero-order valence-corrected chi connectivity index (χ0v) is 28.9. The number of thiophene rings is 1. The Morgan fingerprint density at radius 3 is 2.41 bits per heavy atom. The Bertz CT molecular complexity index is 1560. The second kappa shape index (κ2) is 15.9.